The van der Waals surface area contributed by atoms with Crippen molar-refractivity contribution < 1.29 is 14.4 Å². The molecule has 0 aromatic rings. The maximum atomic E-state index is 5.38. The quantitative estimate of drug-likeness (QED) is 0.543. The van der Waals surface area contributed by atoms with E-state index in [9.17, 15) is 0 Å². The van der Waals surface area contributed by atoms with E-state index in [1.54, 1.807) is 7.11 Å². The molecule has 0 spiro atoms. The second-order valence-electron chi connectivity index (χ2n) is 2.58. The Hall–Kier alpha value is -0.120. The summed E-state index contributed by atoms with van der Waals surface area (Å²) in [5.41, 5.74) is 0. The number of nitrogens with one attached hydrogen (secondary N) is 1. The molecule has 3 nitrogen and oxygen atoms in total. The SMILES string of the molecule is CCOC(C)(OC)[NH+](C)C. The standard InChI is InChI=1S/C7H17NO2/c1-6-10-7(2,9-5)8(3)4/h6H2,1-5H3/p+1. The Kier molecular flexibility index (Phi) is 3.86. The summed E-state index contributed by atoms with van der Waals surface area (Å²) in [7, 11) is 5.65. The van der Waals surface area contributed by atoms with Gasteiger partial charge >= 0.3 is 5.91 Å². The first-order chi connectivity index (χ1) is 4.56. The van der Waals surface area contributed by atoms with Crippen LogP contribution in [0.5, 0.6) is 0 Å². The minimum absolute atomic E-state index is 0.491. The van der Waals surface area contributed by atoms with Crippen LogP contribution < -0.4 is 4.90 Å². The highest BCUT2D eigenvalue weighted by atomic mass is 16.7. The van der Waals surface area contributed by atoms with Gasteiger partial charge in [0.25, 0.3) is 0 Å². The van der Waals surface area contributed by atoms with Crippen LogP contribution in [0, 0.1) is 0 Å². The van der Waals surface area contributed by atoms with Gasteiger partial charge in [-0.2, -0.15) is 0 Å². The maximum Gasteiger partial charge on any atom is 0.313 e. The molecular formula is C7H18NO2+. The zero-order chi connectivity index (χ0) is 8.20. The van der Waals surface area contributed by atoms with E-state index >= 15 is 0 Å². The summed E-state index contributed by atoms with van der Waals surface area (Å²) in [6.45, 7) is 4.56. The van der Waals surface area contributed by atoms with Gasteiger partial charge in [-0.15, -0.1) is 0 Å². The van der Waals surface area contributed by atoms with E-state index in [1.807, 2.05) is 27.9 Å². The molecule has 0 aliphatic rings. The van der Waals surface area contributed by atoms with E-state index < -0.39 is 5.91 Å². The van der Waals surface area contributed by atoms with Crippen LogP contribution in [0.1, 0.15) is 13.8 Å². The summed E-state index contributed by atoms with van der Waals surface area (Å²) in [6, 6.07) is 0. The van der Waals surface area contributed by atoms with E-state index in [1.165, 1.54) is 0 Å². The number of ether oxygens (including phenoxy) is 2. The van der Waals surface area contributed by atoms with Gasteiger partial charge in [-0.1, -0.05) is 0 Å². The first kappa shape index (κ1) is 9.88. The Bertz CT molecular complexity index is 95.6. The summed E-state index contributed by atoms with van der Waals surface area (Å²) in [5, 5.41) is 0. The molecule has 0 saturated carbocycles. The largest absolute Gasteiger partial charge is 0.313 e. The average molecular weight is 148 g/mol. The van der Waals surface area contributed by atoms with Crippen molar-refractivity contribution in [2.24, 2.45) is 0 Å². The van der Waals surface area contributed by atoms with E-state index in [2.05, 4.69) is 0 Å². The minimum atomic E-state index is -0.491. The highest BCUT2D eigenvalue weighted by Crippen LogP contribution is 1.99. The molecule has 0 aromatic heterocycles. The zero-order valence-corrected chi connectivity index (χ0v) is 7.52. The van der Waals surface area contributed by atoms with Gasteiger partial charge in [0.05, 0.1) is 20.7 Å². The molecule has 0 bridgehead atoms. The van der Waals surface area contributed by atoms with E-state index in [0.29, 0.717) is 6.61 Å². The molecule has 3 heteroatoms. The summed E-state index contributed by atoms with van der Waals surface area (Å²) in [4.78, 5) is 1.14. The van der Waals surface area contributed by atoms with Gasteiger partial charge in [-0.3, -0.25) is 4.90 Å². The molecule has 1 unspecified atom stereocenters. The molecule has 0 aliphatic heterocycles. The molecule has 0 aliphatic carbocycles. The van der Waals surface area contributed by atoms with Crippen molar-refractivity contribution in [1.29, 1.82) is 0 Å². The maximum absolute atomic E-state index is 5.38. The Morgan fingerprint density at radius 2 is 1.90 bits per heavy atom. The van der Waals surface area contributed by atoms with Crippen LogP contribution in [-0.4, -0.2) is 33.7 Å². The van der Waals surface area contributed by atoms with Crippen molar-refractivity contribution in [3.8, 4) is 0 Å². The number of methoxy groups -OCH3 is 1. The van der Waals surface area contributed by atoms with Gasteiger partial charge in [0.2, 0.25) is 0 Å². The van der Waals surface area contributed by atoms with Crippen molar-refractivity contribution >= 4 is 0 Å². The summed E-state index contributed by atoms with van der Waals surface area (Å²) < 4.78 is 10.6. The third kappa shape index (κ3) is 2.25. The molecule has 0 saturated heterocycles. The van der Waals surface area contributed by atoms with Crippen molar-refractivity contribution in [2.45, 2.75) is 19.8 Å². The van der Waals surface area contributed by atoms with Crippen molar-refractivity contribution in [3.63, 3.8) is 0 Å². The van der Waals surface area contributed by atoms with Crippen LogP contribution in [0.2, 0.25) is 0 Å². The predicted molar refractivity (Wildman–Crippen MR) is 39.9 cm³/mol. The van der Waals surface area contributed by atoms with Gasteiger partial charge in [0.15, 0.2) is 0 Å². The first-order valence-corrected chi connectivity index (χ1v) is 3.56. The lowest BCUT2D eigenvalue weighted by atomic mass is 10.5. The van der Waals surface area contributed by atoms with Crippen LogP contribution in [0.25, 0.3) is 0 Å². The Morgan fingerprint density at radius 1 is 1.40 bits per heavy atom. The fraction of sp³-hybridized carbons (Fsp3) is 1.00. The molecule has 0 heterocycles. The van der Waals surface area contributed by atoms with Gasteiger partial charge in [0, 0.05) is 14.0 Å². The molecule has 1 N–H and O–H groups in total. The molecule has 1 atom stereocenters. The third-order valence-corrected chi connectivity index (χ3v) is 1.72. The Balaban J connectivity index is 3.94. The second-order valence-corrected chi connectivity index (χ2v) is 2.58. The highest BCUT2D eigenvalue weighted by molar-refractivity contribution is 4.38. The lowest BCUT2D eigenvalue weighted by molar-refractivity contribution is -0.972. The molecule has 0 radical (unpaired) electrons. The van der Waals surface area contributed by atoms with Gasteiger partial charge in [0.1, 0.15) is 0 Å². The highest BCUT2D eigenvalue weighted by Gasteiger charge is 2.30. The molecule has 62 valence electrons. The summed E-state index contributed by atoms with van der Waals surface area (Å²) >= 11 is 0. The van der Waals surface area contributed by atoms with Crippen molar-refractivity contribution in [1.82, 2.24) is 0 Å². The van der Waals surface area contributed by atoms with Crippen LogP contribution in [0.3, 0.4) is 0 Å². The summed E-state index contributed by atoms with van der Waals surface area (Å²) in [6.07, 6.45) is 0. The number of quaternary nitrogens is 1. The topological polar surface area (TPSA) is 22.9 Å². The normalized spacial score (nSPS) is 17.4. The molecule has 10 heavy (non-hydrogen) atoms. The van der Waals surface area contributed by atoms with Gasteiger partial charge in [-0.25, -0.2) is 0 Å². The van der Waals surface area contributed by atoms with E-state index in [0.717, 1.165) is 4.90 Å². The van der Waals surface area contributed by atoms with Crippen LogP contribution in [0.15, 0.2) is 0 Å². The van der Waals surface area contributed by atoms with Crippen LogP contribution in [0.4, 0.5) is 0 Å². The monoisotopic (exact) mass is 148 g/mol. The number of rotatable bonds is 4. The lowest BCUT2D eigenvalue weighted by Crippen LogP contribution is -3.15. The van der Waals surface area contributed by atoms with Crippen LogP contribution >= 0.6 is 0 Å². The molecule has 0 aromatic carbocycles. The van der Waals surface area contributed by atoms with Crippen molar-refractivity contribution in [2.75, 3.05) is 27.8 Å². The minimum Gasteiger partial charge on any atom is -0.307 e. The van der Waals surface area contributed by atoms with Crippen LogP contribution in [-0.2, 0) is 9.47 Å². The first-order valence-electron chi connectivity index (χ1n) is 3.56. The zero-order valence-electron chi connectivity index (χ0n) is 7.52. The van der Waals surface area contributed by atoms with E-state index in [-0.39, 0.29) is 0 Å². The lowest BCUT2D eigenvalue weighted by Gasteiger charge is -2.29. The smallest absolute Gasteiger partial charge is 0.307 e. The predicted octanol–water partition coefficient (Wildman–Crippen LogP) is -0.512. The number of hydrogen-bond donors (Lipinski definition) is 1. The average Bonchev–Trinajstić information content (AvgIpc) is 1.88. The molecule has 0 rings (SSSR count). The molecular weight excluding hydrogens is 130 g/mol. The summed E-state index contributed by atoms with van der Waals surface area (Å²) in [5.74, 6) is -0.491. The third-order valence-electron chi connectivity index (χ3n) is 1.72. The number of hydrogen-bond acceptors (Lipinski definition) is 2. The molecule has 0 amide bonds. The fourth-order valence-corrected chi connectivity index (χ4v) is 0.683. The van der Waals surface area contributed by atoms with Gasteiger partial charge in [-0.05, 0) is 6.92 Å². The Morgan fingerprint density at radius 3 is 2.00 bits per heavy atom. The van der Waals surface area contributed by atoms with Crippen molar-refractivity contribution in [3.05, 3.63) is 0 Å². The second kappa shape index (κ2) is 3.91. The van der Waals surface area contributed by atoms with E-state index in [4.69, 9.17) is 9.47 Å². The molecule has 0 fully saturated rings. The van der Waals surface area contributed by atoms with Gasteiger partial charge < -0.3 is 9.47 Å². The fourth-order valence-electron chi connectivity index (χ4n) is 0.683. The Labute approximate surface area is 62.9 Å².